The number of carboxylic acids is 1. The van der Waals surface area contributed by atoms with E-state index >= 15 is 0 Å². The van der Waals surface area contributed by atoms with Gasteiger partial charge in [0.1, 0.15) is 10.8 Å². The van der Waals surface area contributed by atoms with Gasteiger partial charge >= 0.3 is 5.97 Å². The van der Waals surface area contributed by atoms with Crippen LogP contribution in [0, 0.1) is 0 Å². The van der Waals surface area contributed by atoms with Crippen LogP contribution in [0.5, 0.6) is 5.75 Å². The van der Waals surface area contributed by atoms with E-state index in [0.717, 1.165) is 10.6 Å². The number of thioether (sulfide) groups is 1. The maximum absolute atomic E-state index is 12.1. The lowest BCUT2D eigenvalue weighted by atomic mass is 10.3. The summed E-state index contributed by atoms with van der Waals surface area (Å²) in [5.74, 6) is -0.426. The number of carbonyl (C=O) groups is 2. The first-order valence-electron chi connectivity index (χ1n) is 6.75. The fraction of sp³-hybridized carbons (Fsp3) is 0.267. The van der Waals surface area contributed by atoms with Crippen molar-refractivity contribution >= 4 is 35.0 Å². The van der Waals surface area contributed by atoms with E-state index in [4.69, 9.17) is 9.84 Å². The number of carbonyl (C=O) groups excluding carboxylic acids is 1. The quantitative estimate of drug-likeness (QED) is 0.745. The largest absolute Gasteiger partial charge is 0.497 e. The lowest BCUT2D eigenvalue weighted by Gasteiger charge is -2.11. The molecule has 0 bridgehead atoms. The minimum atomic E-state index is -1.07. The molecule has 1 unspecified atom stereocenters. The van der Waals surface area contributed by atoms with Crippen molar-refractivity contribution in [1.82, 2.24) is 10.3 Å². The Bertz CT molecular complexity index is 685. The molecule has 0 aliphatic carbocycles. The third-order valence-electron chi connectivity index (χ3n) is 2.93. The van der Waals surface area contributed by atoms with Crippen LogP contribution in [0.3, 0.4) is 0 Å². The molecule has 2 N–H and O–H groups in total. The van der Waals surface area contributed by atoms with Gasteiger partial charge in [0.05, 0.1) is 18.9 Å². The number of hydrogen-bond acceptors (Lipinski definition) is 6. The number of methoxy groups -OCH3 is 1. The second kappa shape index (κ2) is 7.98. The van der Waals surface area contributed by atoms with E-state index in [1.807, 2.05) is 31.2 Å². The van der Waals surface area contributed by atoms with Crippen molar-refractivity contribution in [3.63, 3.8) is 0 Å². The molecule has 1 heterocycles. The molecule has 122 valence electrons. The van der Waals surface area contributed by atoms with E-state index in [-0.39, 0.29) is 23.4 Å². The predicted molar refractivity (Wildman–Crippen MR) is 89.2 cm³/mol. The first-order valence-corrected chi connectivity index (χ1v) is 8.51. The summed E-state index contributed by atoms with van der Waals surface area (Å²) < 4.78 is 5.09. The van der Waals surface area contributed by atoms with Gasteiger partial charge in [-0.2, -0.15) is 0 Å². The second-order valence-corrected chi connectivity index (χ2v) is 6.94. The fourth-order valence-corrected chi connectivity index (χ4v) is 3.31. The highest BCUT2D eigenvalue weighted by molar-refractivity contribution is 8.00. The molecule has 6 nitrogen and oxygen atoms in total. The number of ether oxygens (including phenoxy) is 1. The summed E-state index contributed by atoms with van der Waals surface area (Å²) in [6, 6.07) is 7.48. The van der Waals surface area contributed by atoms with Gasteiger partial charge < -0.3 is 15.2 Å². The van der Waals surface area contributed by atoms with Gasteiger partial charge in [-0.25, -0.2) is 9.78 Å². The average Bonchev–Trinajstić information content (AvgIpc) is 3.02. The molecular formula is C15H16N2O4S2. The molecule has 0 saturated heterocycles. The van der Waals surface area contributed by atoms with E-state index in [1.54, 1.807) is 7.11 Å². The highest BCUT2D eigenvalue weighted by Crippen LogP contribution is 2.25. The molecule has 1 amide bonds. The Labute approximate surface area is 141 Å². The van der Waals surface area contributed by atoms with Crippen LogP contribution < -0.4 is 10.1 Å². The minimum absolute atomic E-state index is 0.0000877. The highest BCUT2D eigenvalue weighted by Gasteiger charge is 2.15. The van der Waals surface area contributed by atoms with E-state index < -0.39 is 5.97 Å². The van der Waals surface area contributed by atoms with Crippen molar-refractivity contribution in [3.8, 4) is 5.75 Å². The van der Waals surface area contributed by atoms with Gasteiger partial charge in [0.25, 0.3) is 0 Å². The number of aromatic carboxylic acids is 1. The lowest BCUT2D eigenvalue weighted by Crippen LogP contribution is -2.30. The number of amides is 1. The number of carboxylic acid groups (broad SMARTS) is 1. The third-order valence-corrected chi connectivity index (χ3v) is 4.89. The van der Waals surface area contributed by atoms with Crippen LogP contribution >= 0.6 is 23.1 Å². The van der Waals surface area contributed by atoms with Crippen LogP contribution in [0.2, 0.25) is 0 Å². The molecule has 1 atom stereocenters. The summed E-state index contributed by atoms with van der Waals surface area (Å²) in [6.45, 7) is 2.04. The first kappa shape index (κ1) is 17.3. The highest BCUT2D eigenvalue weighted by atomic mass is 32.2. The molecule has 2 aromatic rings. The van der Waals surface area contributed by atoms with Crippen molar-refractivity contribution in [2.24, 2.45) is 0 Å². The third kappa shape index (κ3) is 4.97. The van der Waals surface area contributed by atoms with Gasteiger partial charge in [0, 0.05) is 10.3 Å². The van der Waals surface area contributed by atoms with Gasteiger partial charge in [-0.15, -0.1) is 23.1 Å². The van der Waals surface area contributed by atoms with Crippen LogP contribution in [0.25, 0.3) is 0 Å². The summed E-state index contributed by atoms with van der Waals surface area (Å²) in [7, 11) is 1.60. The molecule has 0 aliphatic heterocycles. The molecule has 8 heteroatoms. The Kier molecular flexibility index (Phi) is 6.00. The van der Waals surface area contributed by atoms with Crippen LogP contribution in [-0.4, -0.2) is 34.3 Å². The van der Waals surface area contributed by atoms with Gasteiger partial charge in [-0.05, 0) is 31.2 Å². The summed E-state index contributed by atoms with van der Waals surface area (Å²) in [5.41, 5.74) is -0.0000877. The average molecular weight is 352 g/mol. The zero-order chi connectivity index (χ0) is 16.8. The molecule has 0 spiro atoms. The first-order chi connectivity index (χ1) is 11.0. The van der Waals surface area contributed by atoms with Gasteiger partial charge in [-0.1, -0.05) is 0 Å². The van der Waals surface area contributed by atoms with Crippen LogP contribution in [0.15, 0.2) is 34.5 Å². The summed E-state index contributed by atoms with van der Waals surface area (Å²) in [5, 5.41) is 13.3. The zero-order valence-corrected chi connectivity index (χ0v) is 14.2. The summed E-state index contributed by atoms with van der Waals surface area (Å²) in [4.78, 5) is 27.7. The van der Waals surface area contributed by atoms with Crippen molar-refractivity contribution in [3.05, 3.63) is 40.3 Å². The number of hydrogen-bond donors (Lipinski definition) is 2. The van der Waals surface area contributed by atoms with Gasteiger partial charge in [0.2, 0.25) is 5.91 Å². The Morgan fingerprint density at radius 2 is 2.09 bits per heavy atom. The van der Waals surface area contributed by atoms with Crippen molar-refractivity contribution in [2.75, 3.05) is 7.11 Å². The molecule has 23 heavy (non-hydrogen) atoms. The van der Waals surface area contributed by atoms with Crippen LogP contribution in [0.4, 0.5) is 0 Å². The molecule has 0 fully saturated rings. The number of rotatable bonds is 7. The minimum Gasteiger partial charge on any atom is -0.497 e. The normalized spacial score (nSPS) is 11.7. The predicted octanol–water partition coefficient (Wildman–Crippen LogP) is 2.65. The molecule has 0 radical (unpaired) electrons. The van der Waals surface area contributed by atoms with Crippen LogP contribution in [-0.2, 0) is 11.3 Å². The molecular weight excluding hydrogens is 336 g/mol. The standard InChI is InChI=1S/C15H16N2O4S2/c1-9(23-11-5-3-10(21-2)4-6-11)14(18)16-7-13-17-12(8-22-13)15(19)20/h3-6,8-9H,7H2,1-2H3,(H,16,18)(H,19,20). The number of nitrogens with zero attached hydrogens (tertiary/aromatic N) is 1. The Balaban J connectivity index is 1.85. The number of benzene rings is 1. The zero-order valence-electron chi connectivity index (χ0n) is 12.6. The van der Waals surface area contributed by atoms with Crippen molar-refractivity contribution < 1.29 is 19.4 Å². The number of thiazole rings is 1. The molecule has 1 aromatic heterocycles. The molecule has 0 saturated carbocycles. The Morgan fingerprint density at radius 1 is 1.39 bits per heavy atom. The Hall–Kier alpha value is -2.06. The van der Waals surface area contributed by atoms with Crippen molar-refractivity contribution in [1.29, 1.82) is 0 Å². The molecule has 2 rings (SSSR count). The molecule has 1 aromatic carbocycles. The van der Waals surface area contributed by atoms with E-state index in [2.05, 4.69) is 10.3 Å². The fourth-order valence-electron chi connectivity index (χ4n) is 1.71. The van der Waals surface area contributed by atoms with E-state index in [9.17, 15) is 9.59 Å². The Morgan fingerprint density at radius 3 is 2.65 bits per heavy atom. The maximum atomic E-state index is 12.1. The van der Waals surface area contributed by atoms with Crippen molar-refractivity contribution in [2.45, 2.75) is 23.6 Å². The SMILES string of the molecule is COc1ccc(SC(C)C(=O)NCc2nc(C(=O)O)cs2)cc1. The van der Waals surface area contributed by atoms with Gasteiger partial charge in [-0.3, -0.25) is 4.79 Å². The number of nitrogens with one attached hydrogen (secondary N) is 1. The topological polar surface area (TPSA) is 88.5 Å². The number of aromatic nitrogens is 1. The second-order valence-electron chi connectivity index (χ2n) is 4.59. The smallest absolute Gasteiger partial charge is 0.355 e. The van der Waals surface area contributed by atoms with Gasteiger partial charge in [0.15, 0.2) is 5.69 Å². The maximum Gasteiger partial charge on any atom is 0.355 e. The van der Waals surface area contributed by atoms with Crippen LogP contribution in [0.1, 0.15) is 22.4 Å². The molecule has 0 aliphatic rings. The summed E-state index contributed by atoms with van der Waals surface area (Å²) >= 11 is 2.65. The monoisotopic (exact) mass is 352 g/mol. The van der Waals surface area contributed by atoms with E-state index in [1.165, 1.54) is 28.5 Å². The van der Waals surface area contributed by atoms with E-state index in [0.29, 0.717) is 5.01 Å². The summed E-state index contributed by atoms with van der Waals surface area (Å²) in [6.07, 6.45) is 0. The lowest BCUT2D eigenvalue weighted by molar-refractivity contribution is -0.120.